The molecule has 0 fully saturated rings. The molecule has 0 aliphatic heterocycles. The molecule has 5 nitrogen and oxygen atoms in total. The topological polar surface area (TPSA) is 78.9 Å². The van der Waals surface area contributed by atoms with Crippen LogP contribution in [-0.4, -0.2) is 26.5 Å². The number of hydrogen-bond acceptors (Lipinski definition) is 3. The van der Waals surface area contributed by atoms with Gasteiger partial charge in [0.15, 0.2) is 0 Å². The minimum Gasteiger partial charge on any atom is -0.481 e. The van der Waals surface area contributed by atoms with Crippen molar-refractivity contribution < 1.29 is 9.90 Å². The number of carbonyl (C=O) groups is 1. The summed E-state index contributed by atoms with van der Waals surface area (Å²) in [6.07, 6.45) is 1.95. The van der Waals surface area contributed by atoms with Gasteiger partial charge >= 0.3 is 5.97 Å². The van der Waals surface area contributed by atoms with Gasteiger partial charge in [0, 0.05) is 6.42 Å². The Morgan fingerprint density at radius 2 is 2.50 bits per heavy atom. The van der Waals surface area contributed by atoms with E-state index in [0.29, 0.717) is 12.8 Å². The fourth-order valence-corrected chi connectivity index (χ4v) is 1.50. The third kappa shape index (κ3) is 1.07. The van der Waals surface area contributed by atoms with E-state index in [1.165, 1.54) is 0 Å². The lowest BCUT2D eigenvalue weighted by Gasteiger charge is -2.15. The van der Waals surface area contributed by atoms with Gasteiger partial charge in [-0.05, 0) is 12.8 Å². The Labute approximate surface area is 68.8 Å². The lowest BCUT2D eigenvalue weighted by Crippen LogP contribution is -2.22. The molecular formula is C7H9N3O2. The van der Waals surface area contributed by atoms with Crippen molar-refractivity contribution in [3.05, 3.63) is 11.4 Å². The number of nitrogens with one attached hydrogen (secondary N) is 1. The number of aryl methyl sites for hydroxylation is 1. The molecule has 1 aliphatic carbocycles. The molecule has 1 heterocycles. The lowest BCUT2D eigenvalue weighted by atomic mass is 9.90. The number of fused-ring (bicyclic) bond motifs is 1. The Kier molecular flexibility index (Phi) is 1.56. The zero-order chi connectivity index (χ0) is 8.55. The first-order chi connectivity index (χ1) is 5.77. The maximum atomic E-state index is 10.6. The average Bonchev–Trinajstić information content (AvgIpc) is 2.49. The molecule has 0 bridgehead atoms. The molecule has 2 N–H and O–H groups in total. The van der Waals surface area contributed by atoms with Crippen LogP contribution in [0.15, 0.2) is 0 Å². The number of nitrogens with zero attached hydrogens (tertiary/aromatic N) is 2. The minimum atomic E-state index is -0.733. The van der Waals surface area contributed by atoms with Crippen molar-refractivity contribution in [2.24, 2.45) is 5.92 Å². The zero-order valence-electron chi connectivity index (χ0n) is 6.45. The number of aromatic amines is 1. The zero-order valence-corrected chi connectivity index (χ0v) is 6.45. The quantitative estimate of drug-likeness (QED) is 0.616. The van der Waals surface area contributed by atoms with Gasteiger partial charge < -0.3 is 5.11 Å². The third-order valence-electron chi connectivity index (χ3n) is 2.24. The van der Waals surface area contributed by atoms with E-state index in [2.05, 4.69) is 15.4 Å². The molecule has 1 aromatic heterocycles. The van der Waals surface area contributed by atoms with Gasteiger partial charge in [-0.25, -0.2) is 0 Å². The molecule has 12 heavy (non-hydrogen) atoms. The summed E-state index contributed by atoms with van der Waals surface area (Å²) in [5.41, 5.74) is 1.81. The van der Waals surface area contributed by atoms with Crippen molar-refractivity contribution >= 4 is 5.97 Å². The molecule has 64 valence electrons. The first-order valence-electron chi connectivity index (χ1n) is 3.89. The summed E-state index contributed by atoms with van der Waals surface area (Å²) in [6.45, 7) is 0. The number of aromatic nitrogens is 3. The number of aliphatic carboxylic acids is 1. The number of H-pyrrole nitrogens is 1. The SMILES string of the molecule is O=C(O)[C@H]1CCc2[nH]nnc2C1. The van der Waals surface area contributed by atoms with Crippen LogP contribution in [0.5, 0.6) is 0 Å². The molecule has 0 aromatic carbocycles. The molecule has 0 radical (unpaired) electrons. The van der Waals surface area contributed by atoms with E-state index in [-0.39, 0.29) is 5.92 Å². The van der Waals surface area contributed by atoms with E-state index >= 15 is 0 Å². The standard InChI is InChI=1S/C7H9N3O2/c11-7(12)4-1-2-5-6(3-4)9-10-8-5/h4H,1-3H2,(H,11,12)(H,8,9,10)/t4-/m0/s1. The van der Waals surface area contributed by atoms with Crippen LogP contribution in [0.2, 0.25) is 0 Å². The van der Waals surface area contributed by atoms with E-state index in [1.807, 2.05) is 0 Å². The first-order valence-corrected chi connectivity index (χ1v) is 3.89. The summed E-state index contributed by atoms with van der Waals surface area (Å²) in [6, 6.07) is 0. The number of carboxylic acid groups (broad SMARTS) is 1. The average molecular weight is 167 g/mol. The normalized spacial score (nSPS) is 21.8. The second kappa shape index (κ2) is 2.58. The van der Waals surface area contributed by atoms with Gasteiger partial charge in [0.05, 0.1) is 17.3 Å². The van der Waals surface area contributed by atoms with E-state index in [1.54, 1.807) is 0 Å². The van der Waals surface area contributed by atoms with Gasteiger partial charge in [-0.1, -0.05) is 5.21 Å². The highest BCUT2D eigenvalue weighted by molar-refractivity contribution is 5.70. The molecule has 1 atom stereocenters. The van der Waals surface area contributed by atoms with Crippen molar-refractivity contribution in [1.82, 2.24) is 15.4 Å². The van der Waals surface area contributed by atoms with Crippen molar-refractivity contribution in [1.29, 1.82) is 0 Å². The van der Waals surface area contributed by atoms with Crippen molar-refractivity contribution in [3.63, 3.8) is 0 Å². The van der Waals surface area contributed by atoms with E-state index in [4.69, 9.17) is 5.11 Å². The highest BCUT2D eigenvalue weighted by atomic mass is 16.4. The monoisotopic (exact) mass is 167 g/mol. The van der Waals surface area contributed by atoms with Crippen LogP contribution in [0, 0.1) is 5.92 Å². The van der Waals surface area contributed by atoms with Gasteiger partial charge in [-0.3, -0.25) is 9.89 Å². The molecule has 0 spiro atoms. The maximum absolute atomic E-state index is 10.6. The summed E-state index contributed by atoms with van der Waals surface area (Å²) in [7, 11) is 0. The van der Waals surface area contributed by atoms with Gasteiger partial charge in [-0.15, -0.1) is 5.10 Å². The van der Waals surface area contributed by atoms with Crippen molar-refractivity contribution in [3.8, 4) is 0 Å². The predicted octanol–water partition coefficient (Wildman–Crippen LogP) is -0.00580. The van der Waals surface area contributed by atoms with Gasteiger partial charge in [0.2, 0.25) is 0 Å². The summed E-state index contributed by atoms with van der Waals surface area (Å²) < 4.78 is 0. The Morgan fingerprint density at radius 1 is 1.67 bits per heavy atom. The van der Waals surface area contributed by atoms with E-state index < -0.39 is 5.97 Å². The fraction of sp³-hybridized carbons (Fsp3) is 0.571. The Bertz CT molecular complexity index is 307. The molecular weight excluding hydrogens is 158 g/mol. The van der Waals surface area contributed by atoms with Crippen molar-refractivity contribution in [2.75, 3.05) is 0 Å². The molecule has 0 amide bonds. The fourth-order valence-electron chi connectivity index (χ4n) is 1.50. The molecule has 0 unspecified atom stereocenters. The first kappa shape index (κ1) is 7.27. The van der Waals surface area contributed by atoms with Crippen molar-refractivity contribution in [2.45, 2.75) is 19.3 Å². The highest BCUT2D eigenvalue weighted by Gasteiger charge is 2.26. The van der Waals surface area contributed by atoms with Crippen LogP contribution in [0.4, 0.5) is 0 Å². The smallest absolute Gasteiger partial charge is 0.306 e. The van der Waals surface area contributed by atoms with Gasteiger partial charge in [0.1, 0.15) is 0 Å². The lowest BCUT2D eigenvalue weighted by molar-refractivity contribution is -0.142. The second-order valence-corrected chi connectivity index (χ2v) is 3.02. The van der Waals surface area contributed by atoms with Crippen LogP contribution in [0.3, 0.4) is 0 Å². The molecule has 0 saturated heterocycles. The van der Waals surface area contributed by atoms with E-state index in [0.717, 1.165) is 17.8 Å². The Morgan fingerprint density at radius 3 is 3.25 bits per heavy atom. The molecule has 1 aliphatic rings. The predicted molar refractivity (Wildman–Crippen MR) is 39.5 cm³/mol. The summed E-state index contributed by atoms with van der Waals surface area (Å²) in [4.78, 5) is 10.6. The number of rotatable bonds is 1. The van der Waals surface area contributed by atoms with Crippen LogP contribution in [0.25, 0.3) is 0 Å². The van der Waals surface area contributed by atoms with Gasteiger partial charge in [-0.2, -0.15) is 0 Å². The largest absolute Gasteiger partial charge is 0.481 e. The van der Waals surface area contributed by atoms with Crippen LogP contribution in [0.1, 0.15) is 17.8 Å². The van der Waals surface area contributed by atoms with Gasteiger partial charge in [0.25, 0.3) is 0 Å². The summed E-state index contributed by atoms with van der Waals surface area (Å²) in [5.74, 6) is -1.01. The maximum Gasteiger partial charge on any atom is 0.306 e. The van der Waals surface area contributed by atoms with Crippen LogP contribution in [-0.2, 0) is 17.6 Å². The molecule has 0 saturated carbocycles. The summed E-state index contributed by atoms with van der Waals surface area (Å²) in [5, 5.41) is 19.0. The minimum absolute atomic E-state index is 0.275. The Hall–Kier alpha value is -1.39. The Balaban J connectivity index is 2.20. The molecule has 2 rings (SSSR count). The number of hydrogen-bond donors (Lipinski definition) is 2. The number of carboxylic acids is 1. The van der Waals surface area contributed by atoms with Crippen LogP contribution < -0.4 is 0 Å². The van der Waals surface area contributed by atoms with Crippen LogP contribution >= 0.6 is 0 Å². The van der Waals surface area contributed by atoms with E-state index in [9.17, 15) is 4.79 Å². The molecule has 5 heteroatoms. The third-order valence-corrected chi connectivity index (χ3v) is 2.24. The summed E-state index contributed by atoms with van der Waals surface area (Å²) >= 11 is 0. The molecule has 1 aromatic rings. The highest BCUT2D eigenvalue weighted by Crippen LogP contribution is 2.21. The second-order valence-electron chi connectivity index (χ2n) is 3.02.